The van der Waals surface area contributed by atoms with Crippen LogP contribution < -0.4 is 5.32 Å². The Bertz CT molecular complexity index is 365. The second-order valence-electron chi connectivity index (χ2n) is 2.59. The summed E-state index contributed by atoms with van der Waals surface area (Å²) >= 11 is 0. The first-order chi connectivity index (χ1) is 6.27. The fraction of sp³-hybridized carbons (Fsp3) is 0.286. The smallest absolute Gasteiger partial charge is 0.222 e. The lowest BCUT2D eigenvalue weighted by atomic mass is 10.2. The molecule has 0 aliphatic carbocycles. The van der Waals surface area contributed by atoms with Crippen molar-refractivity contribution in [1.29, 1.82) is 0 Å². The highest BCUT2D eigenvalue weighted by Gasteiger charge is 2.26. The molecule has 0 spiro atoms. The number of hydrogen-bond acceptors (Lipinski definition) is 5. The molecule has 2 aliphatic heterocycles. The van der Waals surface area contributed by atoms with Crippen LogP contribution in [-0.2, 0) is 4.79 Å². The quantitative estimate of drug-likeness (QED) is 0.525. The van der Waals surface area contributed by atoms with E-state index in [-0.39, 0.29) is 11.9 Å². The maximum atomic E-state index is 10.8. The van der Waals surface area contributed by atoms with Gasteiger partial charge in [0.1, 0.15) is 18.5 Å². The molecule has 1 N–H and O–H groups in total. The molecule has 0 bridgehead atoms. The van der Waals surface area contributed by atoms with Crippen LogP contribution in [0.5, 0.6) is 0 Å². The molecule has 6 heteroatoms. The molecule has 2 rings (SSSR count). The van der Waals surface area contributed by atoms with Gasteiger partial charge in [0.25, 0.3) is 0 Å². The Balaban J connectivity index is 2.23. The molecule has 6 nitrogen and oxygen atoms in total. The molecule has 0 fully saturated rings. The predicted octanol–water partition coefficient (Wildman–Crippen LogP) is -0.628. The van der Waals surface area contributed by atoms with Crippen molar-refractivity contribution in [3.63, 3.8) is 0 Å². The molecule has 0 saturated carbocycles. The number of amides is 1. The van der Waals surface area contributed by atoms with E-state index in [2.05, 4.69) is 25.3 Å². The zero-order chi connectivity index (χ0) is 9.26. The monoisotopic (exact) mass is 177 g/mol. The van der Waals surface area contributed by atoms with Crippen LogP contribution in [0.2, 0.25) is 0 Å². The lowest BCUT2D eigenvalue weighted by molar-refractivity contribution is -0.117. The van der Waals surface area contributed by atoms with Crippen LogP contribution in [-0.4, -0.2) is 36.3 Å². The van der Waals surface area contributed by atoms with Gasteiger partial charge < -0.3 is 5.32 Å². The molecule has 0 radical (unpaired) electrons. The summed E-state index contributed by atoms with van der Waals surface area (Å²) in [6, 6.07) is -0.325. The standard InChI is InChI=1S/C7H7N5O/c1-4(13)12-7-5-6(9-2-8-5)10-3-11-7/h2-3,5H,1H3,(H,8,9,10,11,12,13)/t5-/m1/s1. The number of carbonyl (C=O) groups excluding carboxylic acids is 1. The van der Waals surface area contributed by atoms with Crippen molar-refractivity contribution in [3.8, 4) is 0 Å². The number of nitrogens with one attached hydrogen (secondary N) is 1. The van der Waals surface area contributed by atoms with Crippen molar-refractivity contribution in [2.24, 2.45) is 20.0 Å². The Morgan fingerprint density at radius 1 is 1.46 bits per heavy atom. The van der Waals surface area contributed by atoms with E-state index in [0.29, 0.717) is 11.7 Å². The van der Waals surface area contributed by atoms with Gasteiger partial charge in [-0.2, -0.15) is 0 Å². The molecule has 13 heavy (non-hydrogen) atoms. The van der Waals surface area contributed by atoms with Crippen LogP contribution in [0.4, 0.5) is 0 Å². The highest BCUT2D eigenvalue weighted by Crippen LogP contribution is 2.07. The Morgan fingerprint density at radius 2 is 2.31 bits per heavy atom. The van der Waals surface area contributed by atoms with Gasteiger partial charge in [-0.1, -0.05) is 0 Å². The van der Waals surface area contributed by atoms with E-state index >= 15 is 0 Å². The van der Waals surface area contributed by atoms with Crippen LogP contribution in [0.15, 0.2) is 20.0 Å². The van der Waals surface area contributed by atoms with Gasteiger partial charge >= 0.3 is 0 Å². The molecule has 2 aliphatic rings. The molecular formula is C7H7N5O. The second-order valence-corrected chi connectivity index (χ2v) is 2.59. The maximum absolute atomic E-state index is 10.8. The number of aliphatic imine (C=N–C) groups is 4. The topological polar surface area (TPSA) is 78.5 Å². The van der Waals surface area contributed by atoms with Crippen LogP contribution in [0.1, 0.15) is 6.92 Å². The van der Waals surface area contributed by atoms with Crippen molar-refractivity contribution in [2.45, 2.75) is 13.0 Å². The first kappa shape index (κ1) is 7.78. The van der Waals surface area contributed by atoms with E-state index in [0.717, 1.165) is 0 Å². The second kappa shape index (κ2) is 2.89. The van der Waals surface area contributed by atoms with Gasteiger partial charge in [0.05, 0.1) is 0 Å². The molecule has 0 aromatic carbocycles. The maximum Gasteiger partial charge on any atom is 0.222 e. The molecule has 2 heterocycles. The molecule has 0 aromatic rings. The zero-order valence-corrected chi connectivity index (χ0v) is 6.93. The van der Waals surface area contributed by atoms with Crippen molar-refractivity contribution < 1.29 is 4.79 Å². The zero-order valence-electron chi connectivity index (χ0n) is 6.93. The van der Waals surface area contributed by atoms with Crippen molar-refractivity contribution in [3.05, 3.63) is 0 Å². The van der Waals surface area contributed by atoms with Crippen molar-refractivity contribution in [1.82, 2.24) is 5.32 Å². The minimum absolute atomic E-state index is 0.171. The van der Waals surface area contributed by atoms with Gasteiger partial charge in [-0.25, -0.2) is 15.0 Å². The Labute approximate surface area is 74.2 Å². The van der Waals surface area contributed by atoms with Gasteiger partial charge in [0, 0.05) is 6.92 Å². The van der Waals surface area contributed by atoms with Crippen LogP contribution in [0.25, 0.3) is 0 Å². The first-order valence-corrected chi connectivity index (χ1v) is 3.74. The van der Waals surface area contributed by atoms with E-state index in [1.807, 2.05) is 0 Å². The summed E-state index contributed by atoms with van der Waals surface area (Å²) < 4.78 is 0. The van der Waals surface area contributed by atoms with Gasteiger partial charge in [-0.05, 0) is 0 Å². The summed E-state index contributed by atoms with van der Waals surface area (Å²) in [5.74, 6) is 0.879. The minimum atomic E-state index is -0.325. The highest BCUT2D eigenvalue weighted by atomic mass is 16.1. The predicted molar refractivity (Wildman–Crippen MR) is 49.5 cm³/mol. The Morgan fingerprint density at radius 3 is 3.08 bits per heavy atom. The molecule has 0 aromatic heterocycles. The largest absolute Gasteiger partial charge is 0.312 e. The lowest BCUT2D eigenvalue weighted by Crippen LogP contribution is -2.41. The van der Waals surface area contributed by atoms with Gasteiger partial charge in [-0.3, -0.25) is 9.79 Å². The molecule has 1 amide bonds. The highest BCUT2D eigenvalue weighted by molar-refractivity contribution is 6.22. The third kappa shape index (κ3) is 1.37. The first-order valence-electron chi connectivity index (χ1n) is 3.74. The number of amidine groups is 2. The van der Waals surface area contributed by atoms with E-state index in [4.69, 9.17) is 0 Å². The van der Waals surface area contributed by atoms with Gasteiger partial charge in [0.2, 0.25) is 5.91 Å². The van der Waals surface area contributed by atoms with Crippen LogP contribution in [0, 0.1) is 0 Å². The lowest BCUT2D eigenvalue weighted by Gasteiger charge is -2.13. The summed E-state index contributed by atoms with van der Waals surface area (Å²) in [5, 5.41) is 2.58. The fourth-order valence-corrected chi connectivity index (χ4v) is 1.10. The molecular weight excluding hydrogens is 170 g/mol. The van der Waals surface area contributed by atoms with Gasteiger partial charge in [0.15, 0.2) is 11.9 Å². The molecule has 0 unspecified atom stereocenters. The summed E-state index contributed by atoms with van der Waals surface area (Å²) in [7, 11) is 0. The minimum Gasteiger partial charge on any atom is -0.312 e. The Hall–Kier alpha value is -1.85. The normalized spacial score (nSPS) is 23.6. The Kier molecular flexibility index (Phi) is 1.73. The van der Waals surface area contributed by atoms with Crippen molar-refractivity contribution >= 4 is 30.3 Å². The number of nitrogens with zero attached hydrogens (tertiary/aromatic N) is 4. The van der Waals surface area contributed by atoms with Crippen LogP contribution >= 0.6 is 0 Å². The number of carbonyl (C=O) groups is 1. The molecule has 1 atom stereocenters. The molecule has 66 valence electrons. The van der Waals surface area contributed by atoms with Crippen molar-refractivity contribution in [2.75, 3.05) is 0 Å². The summed E-state index contributed by atoms with van der Waals surface area (Å²) in [5.41, 5.74) is 0. The fourth-order valence-electron chi connectivity index (χ4n) is 1.10. The summed E-state index contributed by atoms with van der Waals surface area (Å²) in [6.45, 7) is 1.42. The van der Waals surface area contributed by atoms with Gasteiger partial charge in [-0.15, -0.1) is 0 Å². The van der Waals surface area contributed by atoms with E-state index in [1.165, 1.54) is 19.6 Å². The third-order valence-electron chi connectivity index (χ3n) is 1.60. The number of fused-ring (bicyclic) bond motifs is 1. The average Bonchev–Trinajstić information content (AvgIpc) is 2.51. The third-order valence-corrected chi connectivity index (χ3v) is 1.60. The van der Waals surface area contributed by atoms with Crippen LogP contribution in [0.3, 0.4) is 0 Å². The molecule has 0 saturated heterocycles. The summed E-state index contributed by atoms with van der Waals surface area (Å²) in [4.78, 5) is 26.5. The van der Waals surface area contributed by atoms with E-state index in [9.17, 15) is 4.79 Å². The number of hydrogen-bond donors (Lipinski definition) is 1. The SMILES string of the molecule is CC(=O)NC1=NC=NC2=NC=N[C@H]21. The summed E-state index contributed by atoms with van der Waals surface area (Å²) in [6.07, 6.45) is 2.77. The number of rotatable bonds is 0. The average molecular weight is 177 g/mol. The van der Waals surface area contributed by atoms with E-state index < -0.39 is 0 Å². The van der Waals surface area contributed by atoms with E-state index in [1.54, 1.807) is 0 Å².